The monoisotopic (exact) mass is 371 g/mol. The van der Waals surface area contributed by atoms with E-state index in [0.717, 1.165) is 38.6 Å². The lowest BCUT2D eigenvalue weighted by Gasteiger charge is -2.21. The van der Waals surface area contributed by atoms with Crippen LogP contribution in [0.4, 0.5) is 11.4 Å². The Morgan fingerprint density at radius 3 is 2.42 bits per heavy atom. The van der Waals surface area contributed by atoms with Gasteiger partial charge in [-0.05, 0) is 19.3 Å². The Kier molecular flexibility index (Phi) is 5.15. The van der Waals surface area contributed by atoms with Gasteiger partial charge < -0.3 is 10.2 Å². The van der Waals surface area contributed by atoms with Gasteiger partial charge >= 0.3 is 0 Å². The van der Waals surface area contributed by atoms with Gasteiger partial charge in [0.25, 0.3) is 5.69 Å². The van der Waals surface area contributed by atoms with Crippen molar-refractivity contribution in [1.82, 2.24) is 4.90 Å². The number of benzene rings is 1. The van der Waals surface area contributed by atoms with Crippen molar-refractivity contribution in [2.24, 2.45) is 5.92 Å². The fraction of sp³-hybridized carbons (Fsp3) is 0.562. The zero-order valence-electron chi connectivity index (χ0n) is 13.1. The second-order valence-corrected chi connectivity index (χ2v) is 7.25. The van der Waals surface area contributed by atoms with E-state index in [1.54, 1.807) is 0 Å². The highest BCUT2D eigenvalue weighted by molar-refractivity contribution is 6.39. The fourth-order valence-electron chi connectivity index (χ4n) is 3.52. The zero-order valence-corrected chi connectivity index (χ0v) is 14.6. The van der Waals surface area contributed by atoms with Crippen LogP contribution in [0.25, 0.3) is 0 Å². The van der Waals surface area contributed by atoms with Gasteiger partial charge in [-0.15, -0.1) is 0 Å². The molecule has 6 nitrogen and oxygen atoms in total. The van der Waals surface area contributed by atoms with E-state index in [-0.39, 0.29) is 33.6 Å². The van der Waals surface area contributed by atoms with Crippen LogP contribution in [0.5, 0.6) is 0 Å². The topological polar surface area (TPSA) is 75.5 Å². The van der Waals surface area contributed by atoms with E-state index in [1.165, 1.54) is 12.1 Å². The molecule has 1 unspecified atom stereocenters. The van der Waals surface area contributed by atoms with Crippen molar-refractivity contribution in [2.45, 2.75) is 38.1 Å². The zero-order chi connectivity index (χ0) is 17.3. The summed E-state index contributed by atoms with van der Waals surface area (Å²) >= 11 is 12.3. The summed E-state index contributed by atoms with van der Waals surface area (Å²) in [5, 5.41) is 14.5. The fourth-order valence-corrected chi connectivity index (χ4v) is 4.10. The molecule has 1 aliphatic heterocycles. The Labute approximate surface area is 150 Å². The highest BCUT2D eigenvalue weighted by Gasteiger charge is 2.32. The molecule has 2 aliphatic rings. The first-order valence-corrected chi connectivity index (χ1v) is 8.90. The molecule has 2 fully saturated rings. The van der Waals surface area contributed by atoms with Gasteiger partial charge in [0.15, 0.2) is 0 Å². The Morgan fingerprint density at radius 1 is 1.21 bits per heavy atom. The molecule has 1 amide bonds. The second-order valence-electron chi connectivity index (χ2n) is 6.44. The molecular weight excluding hydrogens is 353 g/mol. The summed E-state index contributed by atoms with van der Waals surface area (Å²) in [4.78, 5) is 24.7. The number of anilines is 1. The third kappa shape index (κ3) is 3.59. The summed E-state index contributed by atoms with van der Waals surface area (Å²) in [5.74, 6) is 0.424. The minimum atomic E-state index is -0.529. The Balaban J connectivity index is 1.65. The number of rotatable bonds is 4. The standard InChI is InChI=1S/C16H19Cl2N3O3/c17-13-7-12(21(23)24)8-14(18)15(13)19-11-5-6-20(9-11)16(22)10-3-1-2-4-10/h7-8,10-11,19H,1-6,9H2. The van der Waals surface area contributed by atoms with Crippen molar-refractivity contribution in [2.75, 3.05) is 18.4 Å². The first kappa shape index (κ1) is 17.3. The van der Waals surface area contributed by atoms with Crippen molar-refractivity contribution in [3.63, 3.8) is 0 Å². The first-order valence-electron chi connectivity index (χ1n) is 8.14. The predicted molar refractivity (Wildman–Crippen MR) is 93.7 cm³/mol. The molecule has 1 aromatic carbocycles. The molecule has 130 valence electrons. The van der Waals surface area contributed by atoms with Gasteiger partial charge in [-0.1, -0.05) is 36.0 Å². The molecule has 24 heavy (non-hydrogen) atoms. The number of halogens is 2. The van der Waals surface area contributed by atoms with Crippen molar-refractivity contribution in [3.8, 4) is 0 Å². The van der Waals surface area contributed by atoms with E-state index >= 15 is 0 Å². The number of nitro benzene ring substituents is 1. The van der Waals surface area contributed by atoms with Crippen LogP contribution in [0, 0.1) is 16.0 Å². The minimum absolute atomic E-state index is 0.0480. The van der Waals surface area contributed by atoms with Crippen LogP contribution in [-0.2, 0) is 4.79 Å². The third-order valence-electron chi connectivity index (χ3n) is 4.79. The van der Waals surface area contributed by atoms with E-state index in [9.17, 15) is 14.9 Å². The summed E-state index contributed by atoms with van der Waals surface area (Å²) in [5.41, 5.74) is 0.351. The summed E-state index contributed by atoms with van der Waals surface area (Å²) in [6, 6.07) is 2.62. The van der Waals surface area contributed by atoms with Gasteiger partial charge in [-0.2, -0.15) is 0 Å². The number of carbonyl (C=O) groups is 1. The molecule has 0 radical (unpaired) electrons. The molecule has 0 bridgehead atoms. The third-order valence-corrected chi connectivity index (χ3v) is 5.39. The van der Waals surface area contributed by atoms with Gasteiger partial charge in [0, 0.05) is 37.2 Å². The maximum atomic E-state index is 12.5. The van der Waals surface area contributed by atoms with Crippen LogP contribution in [0.15, 0.2) is 12.1 Å². The van der Waals surface area contributed by atoms with Crippen molar-refractivity contribution in [1.29, 1.82) is 0 Å². The number of nitro groups is 1. The largest absolute Gasteiger partial charge is 0.378 e. The number of non-ortho nitro benzene ring substituents is 1. The highest BCUT2D eigenvalue weighted by atomic mass is 35.5. The van der Waals surface area contributed by atoms with Crippen molar-refractivity contribution >= 4 is 40.5 Å². The Morgan fingerprint density at radius 2 is 1.83 bits per heavy atom. The molecule has 1 saturated heterocycles. The van der Waals surface area contributed by atoms with E-state index in [0.29, 0.717) is 12.2 Å². The SMILES string of the molecule is O=C(C1CCCC1)N1CCC(Nc2c(Cl)cc([N+](=O)[O-])cc2Cl)C1. The number of amides is 1. The van der Waals surface area contributed by atoms with Gasteiger partial charge in [0.1, 0.15) is 0 Å². The molecule has 8 heteroatoms. The Bertz CT molecular complexity index is 639. The van der Waals surface area contributed by atoms with Gasteiger partial charge in [0.2, 0.25) is 5.91 Å². The van der Waals surface area contributed by atoms with Crippen LogP contribution in [-0.4, -0.2) is 34.9 Å². The molecule has 1 aliphatic carbocycles. The summed E-state index contributed by atoms with van der Waals surface area (Å²) in [6.07, 6.45) is 5.07. The number of hydrogen-bond donors (Lipinski definition) is 1. The van der Waals surface area contributed by atoms with E-state index < -0.39 is 4.92 Å². The quantitative estimate of drug-likeness (QED) is 0.638. The molecule has 1 N–H and O–H groups in total. The molecule has 1 aromatic rings. The molecule has 1 saturated carbocycles. The summed E-state index contributed by atoms with van der Waals surface area (Å²) in [6.45, 7) is 1.33. The van der Waals surface area contributed by atoms with Gasteiger partial charge in [-0.25, -0.2) is 0 Å². The van der Waals surface area contributed by atoms with Crippen LogP contribution in [0.3, 0.4) is 0 Å². The lowest BCUT2D eigenvalue weighted by Crippen LogP contribution is -2.35. The summed E-state index contributed by atoms with van der Waals surface area (Å²) in [7, 11) is 0. The lowest BCUT2D eigenvalue weighted by atomic mass is 10.1. The molecule has 1 heterocycles. The molecule has 3 rings (SSSR count). The number of hydrogen-bond acceptors (Lipinski definition) is 4. The highest BCUT2D eigenvalue weighted by Crippen LogP contribution is 2.36. The summed E-state index contributed by atoms with van der Waals surface area (Å²) < 4.78 is 0. The van der Waals surface area contributed by atoms with E-state index in [4.69, 9.17) is 23.2 Å². The van der Waals surface area contributed by atoms with Crippen LogP contribution in [0.2, 0.25) is 10.0 Å². The maximum absolute atomic E-state index is 12.5. The maximum Gasteiger partial charge on any atom is 0.272 e. The van der Waals surface area contributed by atoms with Crippen molar-refractivity contribution < 1.29 is 9.72 Å². The molecular formula is C16H19Cl2N3O3. The van der Waals surface area contributed by atoms with E-state index in [2.05, 4.69) is 5.32 Å². The number of carbonyl (C=O) groups excluding carboxylic acids is 1. The second kappa shape index (κ2) is 7.15. The smallest absolute Gasteiger partial charge is 0.272 e. The number of nitrogens with zero attached hydrogens (tertiary/aromatic N) is 2. The van der Waals surface area contributed by atoms with E-state index in [1.807, 2.05) is 4.90 Å². The van der Waals surface area contributed by atoms with Crippen LogP contribution < -0.4 is 5.32 Å². The molecule has 0 aromatic heterocycles. The van der Waals surface area contributed by atoms with Crippen LogP contribution >= 0.6 is 23.2 Å². The Hall–Kier alpha value is -1.53. The molecule has 0 spiro atoms. The normalized spacial score (nSPS) is 21.2. The minimum Gasteiger partial charge on any atom is -0.378 e. The average Bonchev–Trinajstić information content (AvgIpc) is 3.21. The van der Waals surface area contributed by atoms with Gasteiger partial charge in [-0.3, -0.25) is 14.9 Å². The number of nitrogens with one attached hydrogen (secondary N) is 1. The lowest BCUT2D eigenvalue weighted by molar-refractivity contribution is -0.384. The average molecular weight is 372 g/mol. The number of likely N-dealkylation sites (tertiary alicyclic amines) is 1. The first-order chi connectivity index (χ1) is 11.5. The predicted octanol–water partition coefficient (Wildman–Crippen LogP) is 4.10. The molecule has 1 atom stereocenters. The van der Waals surface area contributed by atoms with Gasteiger partial charge in [0.05, 0.1) is 20.7 Å². The van der Waals surface area contributed by atoms with Crippen LogP contribution in [0.1, 0.15) is 32.1 Å². The van der Waals surface area contributed by atoms with Crippen molar-refractivity contribution in [3.05, 3.63) is 32.3 Å².